The van der Waals surface area contributed by atoms with Crippen molar-refractivity contribution in [2.75, 3.05) is 6.54 Å². The van der Waals surface area contributed by atoms with E-state index in [1.54, 1.807) is 12.5 Å². The summed E-state index contributed by atoms with van der Waals surface area (Å²) in [6.45, 7) is 7.74. The molecule has 0 radical (unpaired) electrons. The van der Waals surface area contributed by atoms with E-state index in [4.69, 9.17) is 0 Å². The summed E-state index contributed by atoms with van der Waals surface area (Å²) in [5.74, 6) is -0.0313. The number of carbonyl (C=O) groups excluding carboxylic acids is 1. The van der Waals surface area contributed by atoms with Gasteiger partial charge in [0.15, 0.2) is 0 Å². The predicted molar refractivity (Wildman–Crippen MR) is 79.7 cm³/mol. The summed E-state index contributed by atoms with van der Waals surface area (Å²) in [4.78, 5) is 16.1. The van der Waals surface area contributed by atoms with Crippen molar-refractivity contribution in [3.8, 4) is 0 Å². The summed E-state index contributed by atoms with van der Waals surface area (Å²) in [5.41, 5.74) is 1.93. The molecule has 1 amide bonds. The second-order valence-electron chi connectivity index (χ2n) is 5.89. The molecule has 4 heteroatoms. The molecule has 0 aliphatic carbocycles. The molecule has 2 rings (SSSR count). The van der Waals surface area contributed by atoms with E-state index in [0.717, 1.165) is 6.54 Å². The molecule has 0 aliphatic rings. The molecule has 0 fully saturated rings. The molecule has 0 spiro atoms. The first kappa shape index (κ1) is 14.3. The third kappa shape index (κ3) is 3.70. The Hall–Kier alpha value is -2.10. The van der Waals surface area contributed by atoms with Crippen molar-refractivity contribution in [3.63, 3.8) is 0 Å². The highest BCUT2D eigenvalue weighted by Crippen LogP contribution is 2.22. The molecular formula is C16H21N3O. The van der Waals surface area contributed by atoms with Crippen molar-refractivity contribution in [2.24, 2.45) is 0 Å². The second-order valence-corrected chi connectivity index (χ2v) is 5.89. The lowest BCUT2D eigenvalue weighted by molar-refractivity contribution is 0.0952. The van der Waals surface area contributed by atoms with Crippen LogP contribution in [0.1, 0.15) is 36.7 Å². The number of rotatable bonds is 4. The summed E-state index contributed by atoms with van der Waals surface area (Å²) in [6, 6.07) is 7.81. The van der Waals surface area contributed by atoms with Crippen LogP contribution < -0.4 is 5.32 Å². The van der Waals surface area contributed by atoms with Gasteiger partial charge in [-0.3, -0.25) is 4.79 Å². The average molecular weight is 271 g/mol. The van der Waals surface area contributed by atoms with Gasteiger partial charge < -0.3 is 9.88 Å². The van der Waals surface area contributed by atoms with Crippen LogP contribution in [-0.4, -0.2) is 22.0 Å². The van der Waals surface area contributed by atoms with Crippen molar-refractivity contribution in [3.05, 3.63) is 54.1 Å². The van der Waals surface area contributed by atoms with Crippen LogP contribution in [0, 0.1) is 0 Å². The number of nitrogens with zero attached hydrogens (tertiary/aromatic N) is 2. The van der Waals surface area contributed by atoms with Gasteiger partial charge in [-0.25, -0.2) is 4.98 Å². The molecule has 0 aliphatic heterocycles. The lowest BCUT2D eigenvalue weighted by atomic mass is 9.86. The minimum absolute atomic E-state index is 0.0313. The SMILES string of the molecule is CC(C)(C)c1cccc(C(=O)NCCn2ccnc2)c1. The maximum atomic E-state index is 12.1. The summed E-state index contributed by atoms with van der Waals surface area (Å²) in [7, 11) is 0. The monoisotopic (exact) mass is 271 g/mol. The standard InChI is InChI=1S/C16H21N3O/c1-16(2,3)14-6-4-5-13(11-14)15(20)18-8-10-19-9-7-17-12-19/h4-7,9,11-12H,8,10H2,1-3H3,(H,18,20). The maximum absolute atomic E-state index is 12.1. The van der Waals surface area contributed by atoms with E-state index in [2.05, 4.69) is 37.1 Å². The molecule has 1 heterocycles. The molecule has 1 aromatic carbocycles. The van der Waals surface area contributed by atoms with Gasteiger partial charge in [0.05, 0.1) is 6.33 Å². The van der Waals surface area contributed by atoms with Crippen LogP contribution >= 0.6 is 0 Å². The molecule has 20 heavy (non-hydrogen) atoms. The van der Waals surface area contributed by atoms with E-state index in [1.807, 2.05) is 29.0 Å². The number of hydrogen-bond donors (Lipinski definition) is 1. The van der Waals surface area contributed by atoms with Gasteiger partial charge in [0.25, 0.3) is 5.91 Å². The molecule has 1 N–H and O–H groups in total. The zero-order chi connectivity index (χ0) is 14.6. The quantitative estimate of drug-likeness (QED) is 0.929. The van der Waals surface area contributed by atoms with Crippen LogP contribution in [0.4, 0.5) is 0 Å². The summed E-state index contributed by atoms with van der Waals surface area (Å²) < 4.78 is 1.94. The minimum Gasteiger partial charge on any atom is -0.350 e. The Morgan fingerprint density at radius 2 is 2.15 bits per heavy atom. The summed E-state index contributed by atoms with van der Waals surface area (Å²) in [6.07, 6.45) is 5.35. The molecular weight excluding hydrogens is 250 g/mol. The molecule has 4 nitrogen and oxygen atoms in total. The predicted octanol–water partition coefficient (Wildman–Crippen LogP) is 2.61. The minimum atomic E-state index is -0.0313. The number of imidazole rings is 1. The Bertz CT molecular complexity index is 568. The van der Waals surface area contributed by atoms with Gasteiger partial charge in [-0.05, 0) is 23.1 Å². The zero-order valence-electron chi connectivity index (χ0n) is 12.3. The van der Waals surface area contributed by atoms with Crippen LogP contribution in [0.3, 0.4) is 0 Å². The normalized spacial score (nSPS) is 11.3. The van der Waals surface area contributed by atoms with E-state index in [0.29, 0.717) is 12.1 Å². The largest absolute Gasteiger partial charge is 0.350 e. The van der Waals surface area contributed by atoms with E-state index in [1.165, 1.54) is 5.56 Å². The van der Waals surface area contributed by atoms with Crippen molar-refractivity contribution >= 4 is 5.91 Å². The molecule has 0 saturated heterocycles. The molecule has 0 unspecified atom stereocenters. The highest BCUT2D eigenvalue weighted by atomic mass is 16.1. The molecule has 2 aromatic rings. The van der Waals surface area contributed by atoms with E-state index < -0.39 is 0 Å². The van der Waals surface area contributed by atoms with Gasteiger partial charge in [0.2, 0.25) is 0 Å². The fraction of sp³-hybridized carbons (Fsp3) is 0.375. The third-order valence-corrected chi connectivity index (χ3v) is 3.21. The fourth-order valence-corrected chi connectivity index (χ4v) is 1.95. The Morgan fingerprint density at radius 1 is 1.35 bits per heavy atom. The van der Waals surface area contributed by atoms with Crippen LogP contribution in [-0.2, 0) is 12.0 Å². The van der Waals surface area contributed by atoms with Crippen molar-refractivity contribution in [1.29, 1.82) is 0 Å². The first-order chi connectivity index (χ1) is 9.47. The fourth-order valence-electron chi connectivity index (χ4n) is 1.95. The van der Waals surface area contributed by atoms with Crippen molar-refractivity contribution in [1.82, 2.24) is 14.9 Å². The first-order valence-electron chi connectivity index (χ1n) is 6.81. The Morgan fingerprint density at radius 3 is 2.80 bits per heavy atom. The van der Waals surface area contributed by atoms with E-state index in [-0.39, 0.29) is 11.3 Å². The van der Waals surface area contributed by atoms with Crippen molar-refractivity contribution < 1.29 is 4.79 Å². The van der Waals surface area contributed by atoms with Gasteiger partial charge in [0, 0.05) is 31.0 Å². The third-order valence-electron chi connectivity index (χ3n) is 3.21. The lowest BCUT2D eigenvalue weighted by Crippen LogP contribution is -2.27. The Balaban J connectivity index is 1.95. The Labute approximate surface area is 119 Å². The van der Waals surface area contributed by atoms with Crippen LogP contribution in [0.2, 0.25) is 0 Å². The van der Waals surface area contributed by atoms with Crippen LogP contribution in [0.5, 0.6) is 0 Å². The number of benzene rings is 1. The maximum Gasteiger partial charge on any atom is 0.251 e. The van der Waals surface area contributed by atoms with Gasteiger partial charge in [-0.15, -0.1) is 0 Å². The lowest BCUT2D eigenvalue weighted by Gasteiger charge is -2.19. The summed E-state index contributed by atoms with van der Waals surface area (Å²) in [5, 5.41) is 2.93. The number of nitrogens with one attached hydrogen (secondary N) is 1. The van der Waals surface area contributed by atoms with Crippen molar-refractivity contribution in [2.45, 2.75) is 32.7 Å². The Kier molecular flexibility index (Phi) is 4.23. The van der Waals surface area contributed by atoms with Crippen LogP contribution in [0.25, 0.3) is 0 Å². The summed E-state index contributed by atoms with van der Waals surface area (Å²) >= 11 is 0. The van der Waals surface area contributed by atoms with Crippen LogP contribution in [0.15, 0.2) is 43.0 Å². The number of amides is 1. The number of carbonyl (C=O) groups is 1. The highest BCUT2D eigenvalue weighted by molar-refractivity contribution is 5.94. The zero-order valence-corrected chi connectivity index (χ0v) is 12.3. The van der Waals surface area contributed by atoms with Gasteiger partial charge >= 0.3 is 0 Å². The van der Waals surface area contributed by atoms with E-state index in [9.17, 15) is 4.79 Å². The average Bonchev–Trinajstić information content (AvgIpc) is 2.91. The molecule has 0 bridgehead atoms. The van der Waals surface area contributed by atoms with E-state index >= 15 is 0 Å². The topological polar surface area (TPSA) is 46.9 Å². The van der Waals surface area contributed by atoms with Gasteiger partial charge in [0.1, 0.15) is 0 Å². The number of aromatic nitrogens is 2. The molecule has 106 valence electrons. The molecule has 0 atom stereocenters. The van der Waals surface area contributed by atoms with Gasteiger partial charge in [-0.1, -0.05) is 32.9 Å². The first-order valence-corrected chi connectivity index (χ1v) is 6.81. The molecule has 1 aromatic heterocycles. The number of hydrogen-bond acceptors (Lipinski definition) is 2. The van der Waals surface area contributed by atoms with Gasteiger partial charge in [-0.2, -0.15) is 0 Å². The smallest absolute Gasteiger partial charge is 0.251 e. The molecule has 0 saturated carbocycles. The second kappa shape index (κ2) is 5.90. The highest BCUT2D eigenvalue weighted by Gasteiger charge is 2.15.